The number of hydrogen-bond donors (Lipinski definition) is 1. The molecule has 1 heterocycles. The summed E-state index contributed by atoms with van der Waals surface area (Å²) >= 11 is 1.89. The summed E-state index contributed by atoms with van der Waals surface area (Å²) in [6.07, 6.45) is 2.86. The summed E-state index contributed by atoms with van der Waals surface area (Å²) in [6, 6.07) is 0.584. The van der Waals surface area contributed by atoms with Crippen molar-refractivity contribution in [2.75, 3.05) is 12.3 Å². The Morgan fingerprint density at radius 1 is 1.47 bits per heavy atom. The molecule has 3 unspecified atom stereocenters. The second-order valence-electron chi connectivity index (χ2n) is 5.18. The third-order valence-corrected chi connectivity index (χ3v) is 4.85. The molecule has 3 heteroatoms. The fourth-order valence-electron chi connectivity index (χ4n) is 1.87. The fraction of sp³-hybridized carbons (Fsp3) is 0.917. The Bertz CT molecular complexity index is 248. The predicted octanol–water partition coefficient (Wildman–Crippen LogP) is 2.75. The molecule has 0 radical (unpaired) electrons. The van der Waals surface area contributed by atoms with Gasteiger partial charge in [-0.25, -0.2) is 0 Å². The van der Waals surface area contributed by atoms with Crippen molar-refractivity contribution < 1.29 is 0 Å². The van der Waals surface area contributed by atoms with E-state index in [0.717, 1.165) is 24.3 Å². The highest BCUT2D eigenvalue weighted by atomic mass is 32.2. The van der Waals surface area contributed by atoms with Crippen molar-refractivity contribution in [2.45, 2.75) is 39.7 Å². The van der Waals surface area contributed by atoms with Crippen molar-refractivity contribution in [1.82, 2.24) is 5.32 Å². The molecule has 0 aromatic carbocycles. The maximum Gasteiger partial charge on any atom is 0.156 e. The van der Waals surface area contributed by atoms with Gasteiger partial charge in [0.15, 0.2) is 5.17 Å². The number of nitrogens with one attached hydrogen (secondary N) is 1. The zero-order valence-electron chi connectivity index (χ0n) is 9.99. The maximum atomic E-state index is 4.70. The van der Waals surface area contributed by atoms with Gasteiger partial charge >= 0.3 is 0 Å². The van der Waals surface area contributed by atoms with Crippen LogP contribution < -0.4 is 5.32 Å². The topological polar surface area (TPSA) is 24.4 Å². The van der Waals surface area contributed by atoms with Crippen molar-refractivity contribution in [3.8, 4) is 0 Å². The highest BCUT2D eigenvalue weighted by molar-refractivity contribution is 8.13. The number of amidine groups is 1. The van der Waals surface area contributed by atoms with Crippen molar-refractivity contribution in [2.24, 2.45) is 22.7 Å². The molecule has 0 spiro atoms. The minimum Gasteiger partial charge on any atom is -0.362 e. The minimum atomic E-state index is 0.584. The average molecular weight is 226 g/mol. The van der Waals surface area contributed by atoms with Gasteiger partial charge in [-0.2, -0.15) is 0 Å². The molecule has 1 aliphatic heterocycles. The van der Waals surface area contributed by atoms with Gasteiger partial charge in [-0.05, 0) is 37.5 Å². The molecule has 0 bridgehead atoms. The highest BCUT2D eigenvalue weighted by Gasteiger charge is 2.28. The quantitative estimate of drug-likeness (QED) is 0.800. The summed E-state index contributed by atoms with van der Waals surface area (Å²) in [5.74, 6) is 3.73. The molecular weight excluding hydrogens is 204 g/mol. The molecule has 2 aliphatic rings. The Labute approximate surface area is 97.3 Å². The molecule has 0 aromatic rings. The number of aliphatic imine (C=N–C) groups is 1. The predicted molar refractivity (Wildman–Crippen MR) is 68.4 cm³/mol. The van der Waals surface area contributed by atoms with Gasteiger partial charge in [-0.15, -0.1) is 0 Å². The zero-order chi connectivity index (χ0) is 10.8. The Hall–Kier alpha value is -0.180. The van der Waals surface area contributed by atoms with Crippen LogP contribution in [0.25, 0.3) is 0 Å². The van der Waals surface area contributed by atoms with E-state index < -0.39 is 0 Å². The zero-order valence-corrected chi connectivity index (χ0v) is 10.8. The molecule has 0 aromatic heterocycles. The molecule has 3 atom stereocenters. The lowest BCUT2D eigenvalue weighted by molar-refractivity contribution is 0.485. The van der Waals surface area contributed by atoms with Gasteiger partial charge < -0.3 is 5.32 Å². The lowest BCUT2D eigenvalue weighted by atomic mass is 10.1. The monoisotopic (exact) mass is 226 g/mol. The van der Waals surface area contributed by atoms with Crippen molar-refractivity contribution >= 4 is 16.9 Å². The Balaban J connectivity index is 1.79. The van der Waals surface area contributed by atoms with E-state index in [1.807, 2.05) is 11.8 Å². The first-order valence-electron chi connectivity index (χ1n) is 6.10. The molecule has 1 saturated carbocycles. The number of hydrogen-bond acceptors (Lipinski definition) is 2. The Morgan fingerprint density at radius 2 is 2.20 bits per heavy atom. The van der Waals surface area contributed by atoms with Gasteiger partial charge in [0.25, 0.3) is 0 Å². The highest BCUT2D eigenvalue weighted by Crippen LogP contribution is 2.36. The standard InChI is InChI=1S/C12H22N2S/c1-8(11-4-5-11)6-13-12-14-10(3)9(2)7-15-12/h8-11H,4-7H2,1-3H3,(H,13,14). The van der Waals surface area contributed by atoms with Crippen molar-refractivity contribution in [3.05, 3.63) is 0 Å². The van der Waals surface area contributed by atoms with E-state index in [1.54, 1.807) is 0 Å². The van der Waals surface area contributed by atoms with E-state index in [1.165, 1.54) is 23.8 Å². The van der Waals surface area contributed by atoms with Gasteiger partial charge in [-0.1, -0.05) is 25.6 Å². The van der Waals surface area contributed by atoms with E-state index in [9.17, 15) is 0 Å². The van der Waals surface area contributed by atoms with Crippen LogP contribution >= 0.6 is 11.8 Å². The van der Waals surface area contributed by atoms with Gasteiger partial charge in [0.2, 0.25) is 0 Å². The summed E-state index contributed by atoms with van der Waals surface area (Å²) < 4.78 is 0. The first-order valence-corrected chi connectivity index (χ1v) is 7.09. The number of thioether (sulfide) groups is 1. The lowest BCUT2D eigenvalue weighted by Crippen LogP contribution is -2.41. The van der Waals surface area contributed by atoms with Crippen LogP contribution in [0.3, 0.4) is 0 Å². The molecule has 2 nitrogen and oxygen atoms in total. The summed E-state index contributed by atoms with van der Waals surface area (Å²) in [7, 11) is 0. The molecule has 2 fully saturated rings. The molecule has 86 valence electrons. The molecule has 1 aliphatic carbocycles. The van der Waals surface area contributed by atoms with Crippen LogP contribution in [0.1, 0.15) is 33.6 Å². The van der Waals surface area contributed by atoms with Crippen LogP contribution in [-0.4, -0.2) is 23.5 Å². The van der Waals surface area contributed by atoms with Gasteiger partial charge in [-0.3, -0.25) is 4.99 Å². The second-order valence-corrected chi connectivity index (χ2v) is 6.19. The van der Waals surface area contributed by atoms with Crippen LogP contribution in [0.4, 0.5) is 0 Å². The van der Waals surface area contributed by atoms with Crippen LogP contribution in [0.15, 0.2) is 4.99 Å². The molecule has 1 N–H and O–H groups in total. The summed E-state index contributed by atoms with van der Waals surface area (Å²) in [6.45, 7) is 7.90. The maximum absolute atomic E-state index is 4.70. The molecule has 2 rings (SSSR count). The average Bonchev–Trinajstić information content (AvgIpc) is 3.03. The summed E-state index contributed by atoms with van der Waals surface area (Å²) in [4.78, 5) is 4.70. The van der Waals surface area contributed by atoms with Crippen LogP contribution in [0.5, 0.6) is 0 Å². The van der Waals surface area contributed by atoms with Crippen LogP contribution in [0, 0.1) is 17.8 Å². The van der Waals surface area contributed by atoms with E-state index in [4.69, 9.17) is 4.99 Å². The van der Waals surface area contributed by atoms with E-state index in [2.05, 4.69) is 26.1 Å². The Morgan fingerprint density at radius 3 is 2.80 bits per heavy atom. The first kappa shape index (κ1) is 11.3. The first-order chi connectivity index (χ1) is 7.16. The third-order valence-electron chi connectivity index (χ3n) is 3.64. The second kappa shape index (κ2) is 4.77. The van der Waals surface area contributed by atoms with E-state index in [-0.39, 0.29) is 0 Å². The molecular formula is C12H22N2S. The minimum absolute atomic E-state index is 0.584. The number of nitrogens with zero attached hydrogens (tertiary/aromatic N) is 1. The number of rotatable bonds is 3. The van der Waals surface area contributed by atoms with E-state index >= 15 is 0 Å². The lowest BCUT2D eigenvalue weighted by Gasteiger charge is -2.28. The molecule has 0 amide bonds. The molecule has 1 saturated heterocycles. The summed E-state index contributed by atoms with van der Waals surface area (Å²) in [5.41, 5.74) is 0. The van der Waals surface area contributed by atoms with Gasteiger partial charge in [0, 0.05) is 18.3 Å². The summed E-state index contributed by atoms with van der Waals surface area (Å²) in [5, 5.41) is 4.67. The van der Waals surface area contributed by atoms with Crippen molar-refractivity contribution in [3.63, 3.8) is 0 Å². The Kier molecular flexibility index (Phi) is 3.60. The van der Waals surface area contributed by atoms with Crippen LogP contribution in [0.2, 0.25) is 0 Å². The van der Waals surface area contributed by atoms with Crippen molar-refractivity contribution in [1.29, 1.82) is 0 Å². The SMILES string of the molecule is CC(CN=C1NC(C)C(C)CS1)C1CC1. The van der Waals surface area contributed by atoms with Gasteiger partial charge in [0.05, 0.1) is 0 Å². The van der Waals surface area contributed by atoms with E-state index in [0.29, 0.717) is 6.04 Å². The fourth-order valence-corrected chi connectivity index (χ4v) is 3.01. The molecule has 15 heavy (non-hydrogen) atoms. The largest absolute Gasteiger partial charge is 0.362 e. The third kappa shape index (κ3) is 3.13. The normalized spacial score (nSPS) is 36.3. The van der Waals surface area contributed by atoms with Crippen LogP contribution in [-0.2, 0) is 0 Å². The smallest absolute Gasteiger partial charge is 0.156 e. The van der Waals surface area contributed by atoms with Gasteiger partial charge in [0.1, 0.15) is 0 Å².